The van der Waals surface area contributed by atoms with E-state index >= 15 is 0 Å². The number of aliphatic hydroxyl groups is 1. The third-order valence-corrected chi connectivity index (χ3v) is 4.46. The maximum absolute atomic E-state index is 10.4. The summed E-state index contributed by atoms with van der Waals surface area (Å²) in [5.74, 6) is 0.289. The van der Waals surface area contributed by atoms with E-state index in [1.54, 1.807) is 0 Å². The third-order valence-electron chi connectivity index (χ3n) is 4.46. The maximum atomic E-state index is 10.4. The number of hydrogen-bond donors (Lipinski definition) is 1. The van der Waals surface area contributed by atoms with Crippen molar-refractivity contribution in [2.24, 2.45) is 5.92 Å². The molecule has 1 aliphatic rings. The Bertz CT molecular complexity index is 245. The molecular weight excluding hydrogens is 264 g/mol. The molecule has 0 aromatic heterocycles. The Morgan fingerprint density at radius 1 is 1.00 bits per heavy atom. The van der Waals surface area contributed by atoms with Gasteiger partial charge in [-0.1, -0.05) is 65.7 Å². The lowest BCUT2D eigenvalue weighted by atomic mass is 9.91. The van der Waals surface area contributed by atoms with Gasteiger partial charge in [0.1, 0.15) is 6.10 Å². The zero-order chi connectivity index (χ0) is 15.5. The third kappa shape index (κ3) is 7.12. The first kappa shape index (κ1) is 18.9. The SMILES string of the molecule is CCCCCCCCC[C@@H]1OC[C@H](C)[C@H](OCCC)[C@@H]1O. The molecule has 0 saturated carbocycles. The van der Waals surface area contributed by atoms with E-state index in [0.29, 0.717) is 6.61 Å². The molecule has 21 heavy (non-hydrogen) atoms. The van der Waals surface area contributed by atoms with Crippen LogP contribution >= 0.6 is 0 Å². The Morgan fingerprint density at radius 3 is 2.33 bits per heavy atom. The Hall–Kier alpha value is -0.120. The van der Waals surface area contributed by atoms with Crippen molar-refractivity contribution in [3.63, 3.8) is 0 Å². The molecule has 1 fully saturated rings. The summed E-state index contributed by atoms with van der Waals surface area (Å²) in [6.45, 7) is 7.91. The van der Waals surface area contributed by atoms with Crippen LogP contribution in [0.2, 0.25) is 0 Å². The summed E-state index contributed by atoms with van der Waals surface area (Å²) in [4.78, 5) is 0. The first-order valence-corrected chi connectivity index (χ1v) is 9.12. The average molecular weight is 300 g/mol. The number of rotatable bonds is 11. The molecule has 4 atom stereocenters. The van der Waals surface area contributed by atoms with Crippen molar-refractivity contribution in [3.8, 4) is 0 Å². The Balaban J connectivity index is 2.18. The summed E-state index contributed by atoms with van der Waals surface area (Å²) < 4.78 is 11.7. The van der Waals surface area contributed by atoms with Crippen molar-refractivity contribution in [1.82, 2.24) is 0 Å². The number of unbranched alkanes of at least 4 members (excludes halogenated alkanes) is 6. The van der Waals surface area contributed by atoms with Crippen molar-refractivity contribution < 1.29 is 14.6 Å². The van der Waals surface area contributed by atoms with Gasteiger partial charge in [0.2, 0.25) is 0 Å². The minimum atomic E-state index is -0.458. The molecule has 1 heterocycles. The van der Waals surface area contributed by atoms with Crippen LogP contribution in [-0.4, -0.2) is 36.6 Å². The molecule has 126 valence electrons. The molecule has 1 rings (SSSR count). The van der Waals surface area contributed by atoms with Gasteiger partial charge < -0.3 is 14.6 Å². The highest BCUT2D eigenvalue weighted by molar-refractivity contribution is 4.86. The minimum Gasteiger partial charge on any atom is -0.388 e. The maximum Gasteiger partial charge on any atom is 0.107 e. The van der Waals surface area contributed by atoms with Crippen LogP contribution in [-0.2, 0) is 9.47 Å². The fraction of sp³-hybridized carbons (Fsp3) is 1.00. The van der Waals surface area contributed by atoms with E-state index < -0.39 is 6.10 Å². The Kier molecular flexibility index (Phi) is 10.3. The van der Waals surface area contributed by atoms with E-state index in [1.807, 2.05) is 0 Å². The quantitative estimate of drug-likeness (QED) is 0.578. The van der Waals surface area contributed by atoms with Gasteiger partial charge in [-0.05, 0) is 12.8 Å². The predicted octanol–water partition coefficient (Wildman–Crippen LogP) is 4.32. The van der Waals surface area contributed by atoms with Crippen LogP contribution in [0.4, 0.5) is 0 Å². The van der Waals surface area contributed by atoms with Gasteiger partial charge in [0.15, 0.2) is 0 Å². The largest absolute Gasteiger partial charge is 0.388 e. The van der Waals surface area contributed by atoms with Gasteiger partial charge in [-0.15, -0.1) is 0 Å². The summed E-state index contributed by atoms with van der Waals surface area (Å²) >= 11 is 0. The second-order valence-corrected chi connectivity index (χ2v) is 6.59. The van der Waals surface area contributed by atoms with Crippen LogP contribution in [0.15, 0.2) is 0 Å². The lowest BCUT2D eigenvalue weighted by Gasteiger charge is -2.39. The lowest BCUT2D eigenvalue weighted by Crippen LogP contribution is -2.50. The monoisotopic (exact) mass is 300 g/mol. The van der Waals surface area contributed by atoms with Gasteiger partial charge in [0.05, 0.1) is 18.8 Å². The summed E-state index contributed by atoms with van der Waals surface area (Å²) in [5, 5.41) is 10.4. The van der Waals surface area contributed by atoms with Crippen molar-refractivity contribution in [2.75, 3.05) is 13.2 Å². The van der Waals surface area contributed by atoms with Crippen molar-refractivity contribution in [2.45, 2.75) is 96.9 Å². The molecule has 0 spiro atoms. The molecule has 0 aliphatic carbocycles. The molecule has 3 heteroatoms. The van der Waals surface area contributed by atoms with Crippen LogP contribution in [0.3, 0.4) is 0 Å². The summed E-state index contributed by atoms with van der Waals surface area (Å²) in [6, 6.07) is 0. The van der Waals surface area contributed by atoms with Crippen LogP contribution in [0, 0.1) is 5.92 Å². The number of ether oxygens (including phenoxy) is 2. The van der Waals surface area contributed by atoms with Crippen LogP contribution in [0.1, 0.15) is 78.6 Å². The summed E-state index contributed by atoms with van der Waals surface area (Å²) in [6.07, 6.45) is 10.5. The second kappa shape index (κ2) is 11.4. The zero-order valence-corrected chi connectivity index (χ0v) is 14.4. The van der Waals surface area contributed by atoms with E-state index in [0.717, 1.165) is 25.9 Å². The van der Waals surface area contributed by atoms with Crippen molar-refractivity contribution in [1.29, 1.82) is 0 Å². The fourth-order valence-electron chi connectivity index (χ4n) is 3.09. The standard InChI is InChI=1S/C18H36O3/c1-4-6-7-8-9-10-11-12-16-17(19)18(20-13-5-2)15(3)14-21-16/h15-19H,4-14H2,1-3H3/t15-,16-,17+,18-/m0/s1. The summed E-state index contributed by atoms with van der Waals surface area (Å²) in [7, 11) is 0. The number of hydrogen-bond acceptors (Lipinski definition) is 3. The molecule has 0 bridgehead atoms. The molecule has 0 amide bonds. The second-order valence-electron chi connectivity index (χ2n) is 6.59. The highest BCUT2D eigenvalue weighted by atomic mass is 16.5. The number of aliphatic hydroxyl groups excluding tert-OH is 1. The first-order chi connectivity index (χ1) is 10.2. The van der Waals surface area contributed by atoms with E-state index in [-0.39, 0.29) is 18.1 Å². The topological polar surface area (TPSA) is 38.7 Å². The summed E-state index contributed by atoms with van der Waals surface area (Å²) in [5.41, 5.74) is 0. The average Bonchev–Trinajstić information content (AvgIpc) is 2.48. The predicted molar refractivity (Wildman–Crippen MR) is 87.6 cm³/mol. The van der Waals surface area contributed by atoms with Gasteiger partial charge in [0.25, 0.3) is 0 Å². The molecule has 1 saturated heterocycles. The molecular formula is C18H36O3. The molecule has 3 nitrogen and oxygen atoms in total. The van der Waals surface area contributed by atoms with Gasteiger partial charge >= 0.3 is 0 Å². The Labute approximate surface area is 131 Å². The van der Waals surface area contributed by atoms with E-state index in [1.165, 1.54) is 38.5 Å². The van der Waals surface area contributed by atoms with Gasteiger partial charge in [-0.3, -0.25) is 0 Å². The van der Waals surface area contributed by atoms with Crippen molar-refractivity contribution in [3.05, 3.63) is 0 Å². The van der Waals surface area contributed by atoms with Crippen LogP contribution in [0.25, 0.3) is 0 Å². The molecule has 1 aliphatic heterocycles. The fourth-order valence-corrected chi connectivity index (χ4v) is 3.09. The van der Waals surface area contributed by atoms with Gasteiger partial charge in [-0.2, -0.15) is 0 Å². The Morgan fingerprint density at radius 2 is 1.67 bits per heavy atom. The van der Waals surface area contributed by atoms with E-state index in [2.05, 4.69) is 20.8 Å². The molecule has 1 N–H and O–H groups in total. The highest BCUT2D eigenvalue weighted by Crippen LogP contribution is 2.26. The smallest absolute Gasteiger partial charge is 0.107 e. The molecule has 0 radical (unpaired) electrons. The van der Waals surface area contributed by atoms with Gasteiger partial charge in [0, 0.05) is 12.5 Å². The minimum absolute atomic E-state index is 0.0290. The molecule has 0 aromatic rings. The van der Waals surface area contributed by atoms with Crippen molar-refractivity contribution >= 4 is 0 Å². The molecule has 0 aromatic carbocycles. The lowest BCUT2D eigenvalue weighted by molar-refractivity contribution is -0.180. The van der Waals surface area contributed by atoms with Crippen LogP contribution < -0.4 is 0 Å². The van der Waals surface area contributed by atoms with Crippen LogP contribution in [0.5, 0.6) is 0 Å². The van der Waals surface area contributed by atoms with E-state index in [9.17, 15) is 5.11 Å². The molecule has 0 unspecified atom stereocenters. The highest BCUT2D eigenvalue weighted by Gasteiger charge is 2.37. The normalized spacial score (nSPS) is 29.7. The first-order valence-electron chi connectivity index (χ1n) is 9.12. The van der Waals surface area contributed by atoms with E-state index in [4.69, 9.17) is 9.47 Å². The zero-order valence-electron chi connectivity index (χ0n) is 14.4. The van der Waals surface area contributed by atoms with Gasteiger partial charge in [-0.25, -0.2) is 0 Å².